The first-order valence-corrected chi connectivity index (χ1v) is 10.6. The first-order chi connectivity index (χ1) is 15.0. The number of hydrogen-bond donors (Lipinski definition) is 2. The first kappa shape index (κ1) is 23.5. The molecule has 6 nitrogen and oxygen atoms in total. The lowest BCUT2D eigenvalue weighted by Crippen LogP contribution is -2.51. The van der Waals surface area contributed by atoms with Crippen molar-refractivity contribution in [2.75, 3.05) is 47.6 Å². The molecule has 2 aromatic rings. The van der Waals surface area contributed by atoms with Crippen LogP contribution in [-0.2, 0) is 15.1 Å². The molecule has 0 aromatic heterocycles. The quantitative estimate of drug-likeness (QED) is 0.559. The Balaban J connectivity index is 2.11. The second-order valence-electron chi connectivity index (χ2n) is 7.70. The standard InChI is InChI=1S/C24H32FNO5/c1-28-11-5-4-9-24(27,22-16-26-10-12-31-22)20-7-6-8-21(25)23(20)17-13-18(29-2)15-19(14-17)30-3/h6-8,13-15,22,26-27H,4-5,9-12,16H2,1-3H3/t22-,24-/m1/s1. The van der Waals surface area contributed by atoms with Crippen molar-refractivity contribution in [3.05, 3.63) is 47.8 Å². The summed E-state index contributed by atoms with van der Waals surface area (Å²) in [6.45, 7) is 2.29. The Morgan fingerprint density at radius 1 is 1.13 bits per heavy atom. The lowest BCUT2D eigenvalue weighted by molar-refractivity contribution is -0.129. The smallest absolute Gasteiger partial charge is 0.131 e. The van der Waals surface area contributed by atoms with Crippen molar-refractivity contribution in [1.82, 2.24) is 5.32 Å². The van der Waals surface area contributed by atoms with Gasteiger partial charge in [0.2, 0.25) is 0 Å². The second-order valence-corrected chi connectivity index (χ2v) is 7.70. The SMILES string of the molecule is COCCCC[C@@](O)(c1cccc(F)c1-c1cc(OC)cc(OC)c1)[C@H]1CNCCO1. The third kappa shape index (κ3) is 5.36. The summed E-state index contributed by atoms with van der Waals surface area (Å²) >= 11 is 0. The van der Waals surface area contributed by atoms with E-state index in [9.17, 15) is 5.11 Å². The second kappa shape index (κ2) is 10.9. The van der Waals surface area contributed by atoms with Crippen molar-refractivity contribution in [2.45, 2.75) is 31.0 Å². The molecule has 170 valence electrons. The molecular weight excluding hydrogens is 401 g/mol. The van der Waals surface area contributed by atoms with Gasteiger partial charge in [-0.1, -0.05) is 12.1 Å². The Labute approximate surface area is 183 Å². The predicted molar refractivity (Wildman–Crippen MR) is 117 cm³/mol. The van der Waals surface area contributed by atoms with Gasteiger partial charge in [0, 0.05) is 38.4 Å². The van der Waals surface area contributed by atoms with Crippen molar-refractivity contribution in [3.63, 3.8) is 0 Å². The molecule has 0 radical (unpaired) electrons. The van der Waals surface area contributed by atoms with Crippen LogP contribution in [0, 0.1) is 5.82 Å². The summed E-state index contributed by atoms with van der Waals surface area (Å²) in [6.07, 6.45) is 1.41. The number of unbranched alkanes of at least 4 members (excludes halogenated alkanes) is 1. The molecule has 1 aliphatic rings. The van der Waals surface area contributed by atoms with Crippen molar-refractivity contribution in [3.8, 4) is 22.6 Å². The number of halogens is 1. The Bertz CT molecular complexity index is 834. The zero-order valence-electron chi connectivity index (χ0n) is 18.4. The maximum Gasteiger partial charge on any atom is 0.131 e. The summed E-state index contributed by atoms with van der Waals surface area (Å²) in [6, 6.07) is 10.0. The van der Waals surface area contributed by atoms with Gasteiger partial charge in [-0.05, 0) is 48.6 Å². The van der Waals surface area contributed by atoms with Crippen LogP contribution in [0.2, 0.25) is 0 Å². The molecule has 0 unspecified atom stereocenters. The van der Waals surface area contributed by atoms with Gasteiger partial charge in [-0.15, -0.1) is 0 Å². The van der Waals surface area contributed by atoms with Crippen LogP contribution >= 0.6 is 0 Å². The summed E-state index contributed by atoms with van der Waals surface area (Å²) in [5, 5.41) is 15.3. The molecule has 31 heavy (non-hydrogen) atoms. The zero-order valence-corrected chi connectivity index (χ0v) is 18.4. The van der Waals surface area contributed by atoms with E-state index in [1.807, 2.05) is 0 Å². The highest BCUT2D eigenvalue weighted by molar-refractivity contribution is 5.72. The summed E-state index contributed by atoms with van der Waals surface area (Å²) < 4.78 is 37.2. The van der Waals surface area contributed by atoms with E-state index in [1.54, 1.807) is 51.7 Å². The zero-order chi connectivity index (χ0) is 22.3. The van der Waals surface area contributed by atoms with E-state index < -0.39 is 17.5 Å². The predicted octanol–water partition coefficient (Wildman–Crippen LogP) is 3.50. The van der Waals surface area contributed by atoms with Gasteiger partial charge >= 0.3 is 0 Å². The highest BCUT2D eigenvalue weighted by Crippen LogP contribution is 2.42. The van der Waals surface area contributed by atoms with E-state index in [0.717, 1.165) is 13.0 Å². The van der Waals surface area contributed by atoms with E-state index in [1.165, 1.54) is 6.07 Å². The highest BCUT2D eigenvalue weighted by Gasteiger charge is 2.42. The van der Waals surface area contributed by atoms with Crippen LogP contribution in [0.4, 0.5) is 4.39 Å². The minimum absolute atomic E-state index is 0.322. The number of nitrogens with one attached hydrogen (secondary N) is 1. The van der Waals surface area contributed by atoms with Gasteiger partial charge in [-0.3, -0.25) is 0 Å². The van der Waals surface area contributed by atoms with Crippen LogP contribution in [0.1, 0.15) is 24.8 Å². The molecule has 0 aliphatic carbocycles. The van der Waals surface area contributed by atoms with Gasteiger partial charge in [0.25, 0.3) is 0 Å². The number of benzene rings is 2. The van der Waals surface area contributed by atoms with Crippen molar-refractivity contribution >= 4 is 0 Å². The van der Waals surface area contributed by atoms with E-state index in [0.29, 0.717) is 60.8 Å². The average Bonchev–Trinajstić information content (AvgIpc) is 2.81. The third-order valence-corrected chi connectivity index (χ3v) is 5.74. The molecule has 2 atom stereocenters. The fourth-order valence-electron chi connectivity index (χ4n) is 4.11. The number of methoxy groups -OCH3 is 3. The number of rotatable bonds is 10. The Hall–Kier alpha value is -2.19. The fraction of sp³-hybridized carbons (Fsp3) is 0.500. The minimum atomic E-state index is -1.38. The lowest BCUT2D eigenvalue weighted by atomic mass is 9.79. The van der Waals surface area contributed by atoms with Gasteiger partial charge in [0.1, 0.15) is 29.0 Å². The van der Waals surface area contributed by atoms with E-state index in [2.05, 4.69) is 5.32 Å². The number of morpholine rings is 1. The van der Waals surface area contributed by atoms with Crippen LogP contribution in [-0.4, -0.2) is 58.8 Å². The molecule has 0 amide bonds. The summed E-state index contributed by atoms with van der Waals surface area (Å²) in [7, 11) is 4.75. The van der Waals surface area contributed by atoms with E-state index in [4.69, 9.17) is 18.9 Å². The first-order valence-electron chi connectivity index (χ1n) is 10.6. The van der Waals surface area contributed by atoms with Crippen molar-refractivity contribution < 1.29 is 28.4 Å². The third-order valence-electron chi connectivity index (χ3n) is 5.74. The monoisotopic (exact) mass is 433 g/mol. The minimum Gasteiger partial charge on any atom is -0.497 e. The van der Waals surface area contributed by atoms with Crippen molar-refractivity contribution in [2.24, 2.45) is 0 Å². The van der Waals surface area contributed by atoms with Crippen LogP contribution in [0.25, 0.3) is 11.1 Å². The normalized spacial score (nSPS) is 18.4. The van der Waals surface area contributed by atoms with Crippen LogP contribution in [0.15, 0.2) is 36.4 Å². The van der Waals surface area contributed by atoms with Crippen LogP contribution in [0.3, 0.4) is 0 Å². The number of ether oxygens (including phenoxy) is 4. The molecule has 3 rings (SSSR count). The number of hydrogen-bond acceptors (Lipinski definition) is 6. The Morgan fingerprint density at radius 2 is 1.87 bits per heavy atom. The summed E-state index contributed by atoms with van der Waals surface area (Å²) in [4.78, 5) is 0. The van der Waals surface area contributed by atoms with Gasteiger partial charge < -0.3 is 29.4 Å². The molecule has 1 aliphatic heterocycles. The largest absolute Gasteiger partial charge is 0.497 e. The van der Waals surface area contributed by atoms with Crippen LogP contribution in [0.5, 0.6) is 11.5 Å². The van der Waals surface area contributed by atoms with Crippen molar-refractivity contribution in [1.29, 1.82) is 0 Å². The highest BCUT2D eigenvalue weighted by atomic mass is 19.1. The topological polar surface area (TPSA) is 69.2 Å². The van der Waals surface area contributed by atoms with E-state index >= 15 is 4.39 Å². The summed E-state index contributed by atoms with van der Waals surface area (Å²) in [5.41, 5.74) is 0.00923. The Kier molecular flexibility index (Phi) is 8.26. The van der Waals surface area contributed by atoms with E-state index in [-0.39, 0.29) is 0 Å². The molecule has 1 fully saturated rings. The van der Waals surface area contributed by atoms with Gasteiger partial charge in [-0.25, -0.2) is 4.39 Å². The Morgan fingerprint density at radius 3 is 2.48 bits per heavy atom. The molecule has 1 heterocycles. The lowest BCUT2D eigenvalue weighted by Gasteiger charge is -2.40. The molecular formula is C24H32FNO5. The number of aliphatic hydroxyl groups is 1. The molecule has 0 spiro atoms. The molecule has 0 bridgehead atoms. The van der Waals surface area contributed by atoms with Crippen LogP contribution < -0.4 is 14.8 Å². The molecule has 0 saturated carbocycles. The molecule has 2 N–H and O–H groups in total. The molecule has 7 heteroatoms. The van der Waals surface area contributed by atoms with Gasteiger partial charge in [0.05, 0.1) is 20.8 Å². The summed E-state index contributed by atoms with van der Waals surface area (Å²) in [5.74, 6) is 0.664. The van der Waals surface area contributed by atoms with Gasteiger partial charge in [0.15, 0.2) is 0 Å². The van der Waals surface area contributed by atoms with Gasteiger partial charge in [-0.2, -0.15) is 0 Å². The maximum absolute atomic E-state index is 15.3. The average molecular weight is 434 g/mol. The molecule has 2 aromatic carbocycles. The maximum atomic E-state index is 15.3. The molecule has 1 saturated heterocycles. The fourth-order valence-corrected chi connectivity index (χ4v) is 4.11.